The molecule has 0 saturated carbocycles. The lowest BCUT2D eigenvalue weighted by molar-refractivity contribution is -0.447. The van der Waals surface area contributed by atoms with Crippen LogP contribution in [-0.2, 0) is 0 Å². The van der Waals surface area contributed by atoms with E-state index in [2.05, 4.69) is 0 Å². The van der Waals surface area contributed by atoms with Crippen LogP contribution in [0.25, 0.3) is 0 Å². The number of rotatable bonds is 4. The van der Waals surface area contributed by atoms with E-state index in [4.69, 9.17) is 10.2 Å². The summed E-state index contributed by atoms with van der Waals surface area (Å²) in [4.78, 5) is 0. The Labute approximate surface area is 81.3 Å². The van der Waals surface area contributed by atoms with Crippen molar-refractivity contribution in [2.75, 3.05) is 0 Å². The second-order valence-electron chi connectivity index (χ2n) is 2.66. The summed E-state index contributed by atoms with van der Waals surface area (Å²) < 4.78 is 107. The van der Waals surface area contributed by atoms with E-state index in [0.717, 1.165) is 0 Å². The second-order valence-corrected chi connectivity index (χ2v) is 2.66. The van der Waals surface area contributed by atoms with Crippen molar-refractivity contribution in [3.63, 3.8) is 0 Å². The molecule has 0 aliphatic carbocycles. The highest BCUT2D eigenvalue weighted by Gasteiger charge is 2.82. The summed E-state index contributed by atoms with van der Waals surface area (Å²) in [6.07, 6.45) is -5.25. The number of halogens is 9. The van der Waals surface area contributed by atoms with Crippen molar-refractivity contribution in [1.29, 1.82) is 0 Å². The topological polar surface area (TPSA) is 40.5 Å². The van der Waals surface area contributed by atoms with Crippen LogP contribution in [0.1, 0.15) is 0 Å². The average molecular weight is 266 g/mol. The van der Waals surface area contributed by atoms with Gasteiger partial charge in [0.2, 0.25) is 0 Å². The first-order valence-electron chi connectivity index (χ1n) is 3.25. The zero-order chi connectivity index (χ0) is 13.6. The van der Waals surface area contributed by atoms with Crippen LogP contribution < -0.4 is 0 Å². The minimum Gasteiger partial charge on any atom is -0.335 e. The summed E-state index contributed by atoms with van der Waals surface area (Å²) in [5.74, 6) is -20.5. The molecule has 0 aliphatic rings. The maximum absolute atomic E-state index is 12.2. The lowest BCUT2D eigenvalue weighted by Crippen LogP contribution is -2.65. The van der Waals surface area contributed by atoms with E-state index in [9.17, 15) is 39.5 Å². The quantitative estimate of drug-likeness (QED) is 0.601. The van der Waals surface area contributed by atoms with E-state index >= 15 is 0 Å². The average Bonchev–Trinajstić information content (AvgIpc) is 2.00. The highest BCUT2D eigenvalue weighted by Crippen LogP contribution is 2.52. The maximum Gasteiger partial charge on any atom is 0.400 e. The van der Waals surface area contributed by atoms with Gasteiger partial charge in [-0.05, 0) is 0 Å². The number of alkyl halides is 9. The van der Waals surface area contributed by atoms with Crippen LogP contribution >= 0.6 is 0 Å². The zero-order valence-electron chi connectivity index (χ0n) is 6.87. The fraction of sp³-hybridized carbons (Fsp3) is 1.00. The molecule has 0 bridgehead atoms. The monoisotopic (exact) mass is 266 g/mol. The van der Waals surface area contributed by atoms with Crippen LogP contribution in [0.5, 0.6) is 0 Å². The Bertz CT molecular complexity index is 255. The molecule has 2 N–H and O–H groups in total. The Kier molecular flexibility index (Phi) is 3.49. The van der Waals surface area contributed by atoms with Crippen molar-refractivity contribution in [3.05, 3.63) is 0 Å². The largest absolute Gasteiger partial charge is 0.400 e. The predicted octanol–water partition coefficient (Wildman–Crippen LogP) is 1.77. The third-order valence-electron chi connectivity index (χ3n) is 1.49. The molecular formula is C5H3F9O2. The summed E-state index contributed by atoms with van der Waals surface area (Å²) in [5.41, 5.74) is 0. The van der Waals surface area contributed by atoms with Crippen LogP contribution in [0.3, 0.4) is 0 Å². The van der Waals surface area contributed by atoms with Gasteiger partial charge in [-0.3, -0.25) is 0 Å². The van der Waals surface area contributed by atoms with E-state index in [-0.39, 0.29) is 0 Å². The van der Waals surface area contributed by atoms with Gasteiger partial charge < -0.3 is 10.2 Å². The van der Waals surface area contributed by atoms with Gasteiger partial charge in [-0.1, -0.05) is 0 Å². The van der Waals surface area contributed by atoms with Gasteiger partial charge in [0.25, 0.3) is 0 Å². The summed E-state index contributed by atoms with van der Waals surface area (Å²) in [6, 6.07) is -6.07. The van der Waals surface area contributed by atoms with Gasteiger partial charge in [0.05, 0.1) is 0 Å². The molecule has 16 heavy (non-hydrogen) atoms. The SMILES string of the molecule is OC(O)(F)C(F)(F)C(F)(F)C(F)(F)C(F)F. The molecule has 0 radical (unpaired) electrons. The third-order valence-corrected chi connectivity index (χ3v) is 1.49. The number of aliphatic hydroxyl groups is 2. The second kappa shape index (κ2) is 3.65. The lowest BCUT2D eigenvalue weighted by atomic mass is 10.0. The summed E-state index contributed by atoms with van der Waals surface area (Å²) >= 11 is 0. The molecular weight excluding hydrogens is 263 g/mol. The first kappa shape index (κ1) is 15.3. The first-order valence-corrected chi connectivity index (χ1v) is 3.25. The molecule has 0 atom stereocenters. The van der Waals surface area contributed by atoms with Crippen molar-refractivity contribution < 1.29 is 49.7 Å². The fourth-order valence-electron chi connectivity index (χ4n) is 0.546. The maximum atomic E-state index is 12.2. The van der Waals surface area contributed by atoms with Gasteiger partial charge in [-0.2, -0.15) is 30.7 Å². The molecule has 0 unspecified atom stereocenters. The number of hydrogen-bond donors (Lipinski definition) is 2. The lowest BCUT2D eigenvalue weighted by Gasteiger charge is -2.34. The molecule has 2 nitrogen and oxygen atoms in total. The van der Waals surface area contributed by atoms with Gasteiger partial charge in [-0.15, -0.1) is 0 Å². The van der Waals surface area contributed by atoms with Gasteiger partial charge in [0, 0.05) is 0 Å². The first-order chi connectivity index (χ1) is 6.69. The molecule has 0 rings (SSSR count). The normalized spacial score (nSPS) is 15.8. The minimum absolute atomic E-state index is 5.25. The molecule has 0 spiro atoms. The predicted molar refractivity (Wildman–Crippen MR) is 29.1 cm³/mol. The van der Waals surface area contributed by atoms with Crippen molar-refractivity contribution >= 4 is 0 Å². The van der Waals surface area contributed by atoms with E-state index < -0.39 is 30.2 Å². The van der Waals surface area contributed by atoms with E-state index in [1.165, 1.54) is 0 Å². The Balaban J connectivity index is 5.53. The van der Waals surface area contributed by atoms with E-state index in [1.54, 1.807) is 0 Å². The summed E-state index contributed by atoms with van der Waals surface area (Å²) in [7, 11) is 0. The van der Waals surface area contributed by atoms with Crippen molar-refractivity contribution in [1.82, 2.24) is 0 Å². The van der Waals surface area contributed by atoms with Crippen LogP contribution in [0.4, 0.5) is 39.5 Å². The van der Waals surface area contributed by atoms with Crippen LogP contribution in [-0.4, -0.2) is 40.4 Å². The zero-order valence-corrected chi connectivity index (χ0v) is 6.87. The Morgan fingerprint density at radius 1 is 0.688 bits per heavy atom. The Morgan fingerprint density at radius 2 is 1.00 bits per heavy atom. The standard InChI is InChI=1S/C5H3F9O2/c6-1(7)2(8,9)3(10,11)4(12,13)5(14,15)16/h1,15-16H. The summed E-state index contributed by atoms with van der Waals surface area (Å²) in [6.45, 7) is 0. The van der Waals surface area contributed by atoms with Gasteiger partial charge in [0.1, 0.15) is 0 Å². The van der Waals surface area contributed by atoms with Crippen molar-refractivity contribution in [2.24, 2.45) is 0 Å². The van der Waals surface area contributed by atoms with Crippen LogP contribution in [0, 0.1) is 0 Å². The third kappa shape index (κ3) is 1.93. The van der Waals surface area contributed by atoms with Crippen molar-refractivity contribution in [3.8, 4) is 0 Å². The number of hydrogen-bond acceptors (Lipinski definition) is 2. The molecule has 0 heterocycles. The Morgan fingerprint density at radius 3 is 1.19 bits per heavy atom. The molecule has 0 saturated heterocycles. The molecule has 0 aliphatic heterocycles. The summed E-state index contributed by atoms with van der Waals surface area (Å²) in [5, 5.41) is 15.0. The molecule has 0 aromatic rings. The molecule has 0 aromatic carbocycles. The van der Waals surface area contributed by atoms with Gasteiger partial charge in [-0.25, -0.2) is 8.78 Å². The van der Waals surface area contributed by atoms with Crippen molar-refractivity contribution in [2.45, 2.75) is 30.2 Å². The van der Waals surface area contributed by atoms with Crippen LogP contribution in [0.2, 0.25) is 0 Å². The fourth-order valence-corrected chi connectivity index (χ4v) is 0.546. The smallest absolute Gasteiger partial charge is 0.335 e. The minimum atomic E-state index is -6.99. The van der Waals surface area contributed by atoms with E-state index in [1.807, 2.05) is 0 Å². The van der Waals surface area contributed by atoms with Gasteiger partial charge in [0.15, 0.2) is 0 Å². The highest BCUT2D eigenvalue weighted by atomic mass is 19.4. The Hall–Kier alpha value is -0.710. The molecule has 11 heteroatoms. The van der Waals surface area contributed by atoms with E-state index in [0.29, 0.717) is 0 Å². The molecule has 0 amide bonds. The highest BCUT2D eigenvalue weighted by molar-refractivity contribution is 5.01. The molecule has 98 valence electrons. The van der Waals surface area contributed by atoms with Crippen LogP contribution in [0.15, 0.2) is 0 Å². The van der Waals surface area contributed by atoms with Gasteiger partial charge >= 0.3 is 30.2 Å². The molecule has 0 fully saturated rings. The molecule has 0 aromatic heterocycles.